The maximum Gasteiger partial charge on any atom is 0.306 e. The van der Waals surface area contributed by atoms with Crippen LogP contribution in [0.15, 0.2) is 40.5 Å². The summed E-state index contributed by atoms with van der Waals surface area (Å²) >= 11 is 1.38. The summed E-state index contributed by atoms with van der Waals surface area (Å²) in [7, 11) is 1.60. The van der Waals surface area contributed by atoms with Crippen LogP contribution in [0, 0.1) is 6.92 Å². The van der Waals surface area contributed by atoms with E-state index >= 15 is 0 Å². The number of rotatable bonds is 8. The van der Waals surface area contributed by atoms with Crippen LogP contribution in [0.1, 0.15) is 24.2 Å². The number of aryl methyl sites for hydroxylation is 1. The normalized spacial score (nSPS) is 10.7. The van der Waals surface area contributed by atoms with Crippen molar-refractivity contribution in [1.82, 2.24) is 9.38 Å². The lowest BCUT2D eigenvalue weighted by molar-refractivity contribution is -0.145. The van der Waals surface area contributed by atoms with Gasteiger partial charge in [0.15, 0.2) is 4.96 Å². The fourth-order valence-electron chi connectivity index (χ4n) is 2.48. The minimum Gasteiger partial charge on any atom is -0.497 e. The average molecular weight is 388 g/mol. The van der Waals surface area contributed by atoms with Gasteiger partial charge in [0, 0.05) is 23.6 Å². The summed E-state index contributed by atoms with van der Waals surface area (Å²) in [4.78, 5) is 28.9. The standard InChI is InChI=1S/C19H20N2O5S/c1-13-12-27-19-20-14(10-17(22)21(13)19)11-26-18(23)4-3-9-25-16-7-5-15(24-2)6-8-16/h5-8,10,12H,3-4,9,11H2,1-2H3. The molecule has 0 N–H and O–H groups in total. The summed E-state index contributed by atoms with van der Waals surface area (Å²) in [5.74, 6) is 1.13. The second kappa shape index (κ2) is 8.68. The molecule has 1 aromatic carbocycles. The summed E-state index contributed by atoms with van der Waals surface area (Å²) in [6, 6.07) is 8.64. The zero-order valence-corrected chi connectivity index (χ0v) is 16.0. The van der Waals surface area contributed by atoms with E-state index in [2.05, 4.69) is 4.98 Å². The smallest absolute Gasteiger partial charge is 0.306 e. The predicted octanol–water partition coefficient (Wildman–Crippen LogP) is 2.98. The van der Waals surface area contributed by atoms with Crippen molar-refractivity contribution >= 4 is 22.3 Å². The molecule has 0 atom stereocenters. The molecule has 0 radical (unpaired) electrons. The van der Waals surface area contributed by atoms with Gasteiger partial charge in [-0.05, 0) is 37.6 Å². The van der Waals surface area contributed by atoms with Crippen LogP contribution in [0.2, 0.25) is 0 Å². The highest BCUT2D eigenvalue weighted by Crippen LogP contribution is 2.17. The molecule has 0 amide bonds. The number of carbonyl (C=O) groups is 1. The van der Waals surface area contributed by atoms with Gasteiger partial charge in [-0.25, -0.2) is 4.98 Å². The Morgan fingerprint density at radius 1 is 1.22 bits per heavy atom. The third-order valence-corrected chi connectivity index (χ3v) is 4.81. The number of ether oxygens (including phenoxy) is 3. The number of hydrogen-bond acceptors (Lipinski definition) is 7. The summed E-state index contributed by atoms with van der Waals surface area (Å²) in [5, 5.41) is 1.86. The van der Waals surface area contributed by atoms with Crippen molar-refractivity contribution in [2.45, 2.75) is 26.4 Å². The molecule has 3 aromatic rings. The maximum atomic E-state index is 12.1. The van der Waals surface area contributed by atoms with E-state index in [0.717, 1.165) is 11.4 Å². The van der Waals surface area contributed by atoms with Crippen molar-refractivity contribution < 1.29 is 19.0 Å². The van der Waals surface area contributed by atoms with E-state index in [1.165, 1.54) is 21.8 Å². The van der Waals surface area contributed by atoms with Gasteiger partial charge < -0.3 is 14.2 Å². The SMILES string of the molecule is COc1ccc(OCCCC(=O)OCc2cc(=O)n3c(C)csc3n2)cc1. The highest BCUT2D eigenvalue weighted by molar-refractivity contribution is 7.15. The van der Waals surface area contributed by atoms with Crippen molar-refractivity contribution in [3.8, 4) is 11.5 Å². The number of esters is 1. The van der Waals surface area contributed by atoms with E-state index < -0.39 is 0 Å². The molecule has 3 rings (SSSR count). The lowest BCUT2D eigenvalue weighted by Crippen LogP contribution is -2.16. The molecule has 27 heavy (non-hydrogen) atoms. The van der Waals surface area contributed by atoms with Crippen LogP contribution < -0.4 is 15.0 Å². The third kappa shape index (κ3) is 4.85. The Morgan fingerprint density at radius 3 is 2.70 bits per heavy atom. The van der Waals surface area contributed by atoms with Crippen molar-refractivity contribution in [1.29, 1.82) is 0 Å². The molecule has 2 aromatic heterocycles. The van der Waals surface area contributed by atoms with Crippen LogP contribution >= 0.6 is 11.3 Å². The van der Waals surface area contributed by atoms with Crippen LogP contribution in [0.3, 0.4) is 0 Å². The van der Waals surface area contributed by atoms with Crippen LogP contribution in [-0.4, -0.2) is 29.1 Å². The number of aromatic nitrogens is 2. The van der Waals surface area contributed by atoms with Gasteiger partial charge in [-0.15, -0.1) is 11.3 Å². The van der Waals surface area contributed by atoms with Gasteiger partial charge in [0.1, 0.15) is 18.1 Å². The number of hydrogen-bond donors (Lipinski definition) is 0. The number of benzene rings is 1. The predicted molar refractivity (Wildman–Crippen MR) is 102 cm³/mol. The Hall–Kier alpha value is -2.87. The average Bonchev–Trinajstić information content (AvgIpc) is 3.05. The van der Waals surface area contributed by atoms with Gasteiger partial charge >= 0.3 is 5.97 Å². The highest BCUT2D eigenvalue weighted by atomic mass is 32.1. The number of methoxy groups -OCH3 is 1. The van der Waals surface area contributed by atoms with E-state index in [1.807, 2.05) is 36.6 Å². The number of thiazole rings is 1. The first kappa shape index (κ1) is 18.9. The summed E-state index contributed by atoms with van der Waals surface area (Å²) in [6.07, 6.45) is 0.763. The molecular weight excluding hydrogens is 368 g/mol. The fraction of sp³-hybridized carbons (Fsp3) is 0.316. The van der Waals surface area contributed by atoms with Crippen molar-refractivity contribution in [2.24, 2.45) is 0 Å². The minimum atomic E-state index is -0.349. The summed E-state index contributed by atoms with van der Waals surface area (Å²) < 4.78 is 17.4. The molecule has 0 unspecified atom stereocenters. The van der Waals surface area contributed by atoms with Crippen LogP contribution in [-0.2, 0) is 16.1 Å². The Labute approximate surface area is 160 Å². The Kier molecular flexibility index (Phi) is 6.08. The zero-order chi connectivity index (χ0) is 19.2. The first-order chi connectivity index (χ1) is 13.1. The molecule has 0 aliphatic heterocycles. The molecule has 8 heteroatoms. The van der Waals surface area contributed by atoms with E-state index in [1.54, 1.807) is 7.11 Å². The molecule has 7 nitrogen and oxygen atoms in total. The lowest BCUT2D eigenvalue weighted by atomic mass is 10.3. The van der Waals surface area contributed by atoms with Gasteiger partial charge in [-0.3, -0.25) is 14.0 Å². The minimum absolute atomic E-state index is 0.0130. The van der Waals surface area contributed by atoms with Crippen LogP contribution in [0.5, 0.6) is 11.5 Å². The maximum absolute atomic E-state index is 12.1. The van der Waals surface area contributed by atoms with Gasteiger partial charge in [0.05, 0.1) is 19.4 Å². The molecule has 142 valence electrons. The largest absolute Gasteiger partial charge is 0.497 e. The molecule has 0 aliphatic carbocycles. The van der Waals surface area contributed by atoms with Gasteiger partial charge in [-0.2, -0.15) is 0 Å². The molecule has 0 saturated carbocycles. The number of fused-ring (bicyclic) bond motifs is 1. The first-order valence-corrected chi connectivity index (χ1v) is 9.34. The Balaban J connectivity index is 1.42. The van der Waals surface area contributed by atoms with Gasteiger partial charge in [0.25, 0.3) is 5.56 Å². The van der Waals surface area contributed by atoms with E-state index in [9.17, 15) is 9.59 Å². The summed E-state index contributed by atoms with van der Waals surface area (Å²) in [6.45, 7) is 2.24. The van der Waals surface area contributed by atoms with E-state index in [-0.39, 0.29) is 24.6 Å². The molecule has 2 heterocycles. The van der Waals surface area contributed by atoms with Gasteiger partial charge in [0.2, 0.25) is 0 Å². The van der Waals surface area contributed by atoms with Gasteiger partial charge in [-0.1, -0.05) is 0 Å². The molecule has 0 spiro atoms. The monoisotopic (exact) mass is 388 g/mol. The second-order valence-electron chi connectivity index (χ2n) is 5.87. The second-order valence-corrected chi connectivity index (χ2v) is 6.71. The summed E-state index contributed by atoms with van der Waals surface area (Å²) in [5.41, 5.74) is 1.12. The fourth-order valence-corrected chi connectivity index (χ4v) is 3.37. The first-order valence-electron chi connectivity index (χ1n) is 8.46. The molecule has 0 fully saturated rings. The quantitative estimate of drug-likeness (QED) is 0.436. The zero-order valence-electron chi connectivity index (χ0n) is 15.1. The molecule has 0 bridgehead atoms. The van der Waals surface area contributed by atoms with Crippen LogP contribution in [0.25, 0.3) is 4.96 Å². The Bertz CT molecular complexity index is 978. The Morgan fingerprint density at radius 2 is 1.96 bits per heavy atom. The topological polar surface area (TPSA) is 79.1 Å². The third-order valence-electron chi connectivity index (χ3n) is 3.86. The van der Waals surface area contributed by atoms with Crippen molar-refractivity contribution in [3.05, 3.63) is 57.5 Å². The van der Waals surface area contributed by atoms with E-state index in [0.29, 0.717) is 29.4 Å². The van der Waals surface area contributed by atoms with E-state index in [4.69, 9.17) is 14.2 Å². The number of carbonyl (C=O) groups excluding carboxylic acids is 1. The highest BCUT2D eigenvalue weighted by Gasteiger charge is 2.09. The lowest BCUT2D eigenvalue weighted by Gasteiger charge is -2.07. The van der Waals surface area contributed by atoms with Crippen LogP contribution in [0.4, 0.5) is 0 Å². The van der Waals surface area contributed by atoms with Crippen molar-refractivity contribution in [3.63, 3.8) is 0 Å². The molecule has 0 saturated heterocycles. The number of nitrogens with zero attached hydrogens (tertiary/aromatic N) is 2. The molecule has 0 aliphatic rings. The molecular formula is C19H20N2O5S. The van der Waals surface area contributed by atoms with Crippen molar-refractivity contribution in [2.75, 3.05) is 13.7 Å².